The highest BCUT2D eigenvalue weighted by Crippen LogP contribution is 2.29. The lowest BCUT2D eigenvalue weighted by atomic mass is 9.86. The van der Waals surface area contributed by atoms with Crippen molar-refractivity contribution in [3.8, 4) is 0 Å². The molecule has 0 aliphatic rings. The zero-order chi connectivity index (χ0) is 13.0. The molecule has 2 rings (SSSR count). The van der Waals surface area contributed by atoms with Gasteiger partial charge in [-0.05, 0) is 23.8 Å². The molecular weight excluding hydrogens is 222 g/mol. The third kappa shape index (κ3) is 3.69. The van der Waals surface area contributed by atoms with Crippen LogP contribution in [0.25, 0.3) is 0 Å². The molecule has 3 heteroatoms. The van der Waals surface area contributed by atoms with Crippen LogP contribution in [0.2, 0.25) is 0 Å². The number of hydrogen-bond donors (Lipinski definition) is 0. The monoisotopic (exact) mass is 243 g/mol. The number of aromatic nitrogens is 3. The van der Waals surface area contributed by atoms with E-state index < -0.39 is 0 Å². The van der Waals surface area contributed by atoms with Crippen LogP contribution in [-0.2, 0) is 6.42 Å². The quantitative estimate of drug-likeness (QED) is 0.823. The first-order valence-electron chi connectivity index (χ1n) is 6.44. The second-order valence-corrected chi connectivity index (χ2v) is 5.99. The van der Waals surface area contributed by atoms with Gasteiger partial charge in [0, 0.05) is 6.20 Å². The van der Waals surface area contributed by atoms with Crippen LogP contribution in [0.1, 0.15) is 38.8 Å². The predicted octanol–water partition coefficient (Wildman–Crippen LogP) is 3.50. The second-order valence-electron chi connectivity index (χ2n) is 5.99. The molecule has 0 aliphatic heterocycles. The lowest BCUT2D eigenvalue weighted by molar-refractivity contribution is 0.274. The van der Waals surface area contributed by atoms with Crippen molar-refractivity contribution in [2.24, 2.45) is 5.41 Å². The second kappa shape index (κ2) is 5.34. The average molecular weight is 243 g/mol. The normalized spacial score (nSPS) is 13.5. The van der Waals surface area contributed by atoms with E-state index in [9.17, 15) is 0 Å². The molecule has 0 saturated heterocycles. The molecule has 18 heavy (non-hydrogen) atoms. The van der Waals surface area contributed by atoms with Crippen LogP contribution < -0.4 is 0 Å². The lowest BCUT2D eigenvalue weighted by Crippen LogP contribution is -2.20. The summed E-state index contributed by atoms with van der Waals surface area (Å²) < 4.78 is 1.98. The Morgan fingerprint density at radius 2 is 1.89 bits per heavy atom. The Bertz CT molecular complexity index is 454. The molecular formula is C15H21N3. The highest BCUT2D eigenvalue weighted by Gasteiger charge is 2.21. The molecule has 1 heterocycles. The van der Waals surface area contributed by atoms with Gasteiger partial charge in [-0.3, -0.25) is 0 Å². The molecule has 96 valence electrons. The summed E-state index contributed by atoms with van der Waals surface area (Å²) >= 11 is 0. The molecule has 1 unspecified atom stereocenters. The van der Waals surface area contributed by atoms with Gasteiger partial charge >= 0.3 is 0 Å². The minimum absolute atomic E-state index is 0.283. The van der Waals surface area contributed by atoms with Crippen molar-refractivity contribution >= 4 is 0 Å². The van der Waals surface area contributed by atoms with Crippen LogP contribution in [0.4, 0.5) is 0 Å². The predicted molar refractivity (Wildman–Crippen MR) is 73.3 cm³/mol. The molecule has 0 amide bonds. The van der Waals surface area contributed by atoms with E-state index in [1.807, 2.05) is 10.9 Å². The van der Waals surface area contributed by atoms with Gasteiger partial charge in [0.1, 0.15) is 0 Å². The van der Waals surface area contributed by atoms with Gasteiger partial charge in [-0.2, -0.15) is 0 Å². The van der Waals surface area contributed by atoms with E-state index in [0.717, 1.165) is 12.8 Å². The maximum atomic E-state index is 4.16. The fourth-order valence-corrected chi connectivity index (χ4v) is 2.26. The van der Waals surface area contributed by atoms with Crippen molar-refractivity contribution in [1.82, 2.24) is 15.0 Å². The highest BCUT2D eigenvalue weighted by molar-refractivity contribution is 5.15. The van der Waals surface area contributed by atoms with Crippen LogP contribution in [0.5, 0.6) is 0 Å². The van der Waals surface area contributed by atoms with Crippen molar-refractivity contribution in [3.05, 3.63) is 48.3 Å². The molecule has 1 aromatic carbocycles. The number of hydrogen-bond acceptors (Lipinski definition) is 2. The molecule has 2 aromatic rings. The summed E-state index contributed by atoms with van der Waals surface area (Å²) in [5.41, 5.74) is 1.63. The molecule has 3 nitrogen and oxygen atoms in total. The van der Waals surface area contributed by atoms with Crippen molar-refractivity contribution < 1.29 is 0 Å². The van der Waals surface area contributed by atoms with E-state index in [0.29, 0.717) is 6.04 Å². The maximum Gasteiger partial charge on any atom is 0.0693 e. The van der Waals surface area contributed by atoms with Gasteiger partial charge in [-0.1, -0.05) is 56.3 Å². The van der Waals surface area contributed by atoms with Gasteiger partial charge in [0.15, 0.2) is 0 Å². The summed E-state index contributed by atoms with van der Waals surface area (Å²) in [6, 6.07) is 10.9. The Labute approximate surface area is 109 Å². The molecule has 1 aromatic heterocycles. The van der Waals surface area contributed by atoms with Gasteiger partial charge in [0.25, 0.3) is 0 Å². The van der Waals surface area contributed by atoms with Crippen molar-refractivity contribution in [3.63, 3.8) is 0 Å². The van der Waals surface area contributed by atoms with E-state index in [2.05, 4.69) is 61.4 Å². The summed E-state index contributed by atoms with van der Waals surface area (Å²) in [5.74, 6) is 0. The van der Waals surface area contributed by atoms with Crippen LogP contribution >= 0.6 is 0 Å². The van der Waals surface area contributed by atoms with E-state index in [1.165, 1.54) is 5.56 Å². The molecule has 0 radical (unpaired) electrons. The van der Waals surface area contributed by atoms with E-state index >= 15 is 0 Å². The van der Waals surface area contributed by atoms with Gasteiger partial charge in [-0.25, -0.2) is 4.68 Å². The summed E-state index contributed by atoms with van der Waals surface area (Å²) in [5, 5.41) is 8.09. The van der Waals surface area contributed by atoms with Crippen molar-refractivity contribution in [1.29, 1.82) is 0 Å². The lowest BCUT2D eigenvalue weighted by Gasteiger charge is -2.26. The summed E-state index contributed by atoms with van der Waals surface area (Å²) in [7, 11) is 0. The van der Waals surface area contributed by atoms with Gasteiger partial charge in [0.2, 0.25) is 0 Å². The first kappa shape index (κ1) is 12.8. The first-order chi connectivity index (χ1) is 8.54. The molecule has 0 N–H and O–H groups in total. The standard InChI is InChI=1S/C15H21N3/c1-15(2,3)12-14(18-10-9-16-17-18)11-13-7-5-4-6-8-13/h4-10,14H,11-12H2,1-3H3. The first-order valence-corrected chi connectivity index (χ1v) is 6.44. The van der Waals surface area contributed by atoms with Crippen molar-refractivity contribution in [2.45, 2.75) is 39.7 Å². The van der Waals surface area contributed by atoms with Crippen molar-refractivity contribution in [2.75, 3.05) is 0 Å². The van der Waals surface area contributed by atoms with Crippen LogP contribution in [0, 0.1) is 5.41 Å². The minimum atomic E-state index is 0.283. The summed E-state index contributed by atoms with van der Waals surface area (Å²) in [6.07, 6.45) is 5.80. The SMILES string of the molecule is CC(C)(C)CC(Cc1ccccc1)n1ccnn1. The van der Waals surface area contributed by atoms with Crippen LogP contribution in [0.3, 0.4) is 0 Å². The van der Waals surface area contributed by atoms with Gasteiger partial charge in [0.05, 0.1) is 12.2 Å². The Kier molecular flexibility index (Phi) is 3.80. The number of nitrogens with zero attached hydrogens (tertiary/aromatic N) is 3. The summed E-state index contributed by atoms with van der Waals surface area (Å²) in [4.78, 5) is 0. The minimum Gasteiger partial charge on any atom is -0.249 e. The molecule has 0 saturated carbocycles. The Morgan fingerprint density at radius 1 is 1.17 bits per heavy atom. The van der Waals surface area contributed by atoms with E-state index in [4.69, 9.17) is 0 Å². The Morgan fingerprint density at radius 3 is 2.44 bits per heavy atom. The molecule has 0 bridgehead atoms. The molecule has 0 fully saturated rings. The fourth-order valence-electron chi connectivity index (χ4n) is 2.26. The van der Waals surface area contributed by atoms with E-state index in [-0.39, 0.29) is 5.41 Å². The Balaban J connectivity index is 2.15. The third-order valence-corrected chi connectivity index (χ3v) is 2.98. The Hall–Kier alpha value is -1.64. The average Bonchev–Trinajstić information content (AvgIpc) is 2.81. The largest absolute Gasteiger partial charge is 0.249 e. The molecule has 0 spiro atoms. The smallest absolute Gasteiger partial charge is 0.0693 e. The third-order valence-electron chi connectivity index (χ3n) is 2.98. The highest BCUT2D eigenvalue weighted by atomic mass is 15.4. The maximum absolute atomic E-state index is 4.16. The number of benzene rings is 1. The van der Waals surface area contributed by atoms with Gasteiger partial charge in [-0.15, -0.1) is 5.10 Å². The van der Waals surface area contributed by atoms with E-state index in [1.54, 1.807) is 6.20 Å². The van der Waals surface area contributed by atoms with Gasteiger partial charge < -0.3 is 0 Å². The number of rotatable bonds is 4. The van der Waals surface area contributed by atoms with Crippen LogP contribution in [0.15, 0.2) is 42.7 Å². The topological polar surface area (TPSA) is 30.7 Å². The molecule has 1 atom stereocenters. The molecule has 0 aliphatic carbocycles. The van der Waals surface area contributed by atoms with Crippen LogP contribution in [-0.4, -0.2) is 15.0 Å². The summed E-state index contributed by atoms with van der Waals surface area (Å²) in [6.45, 7) is 6.80. The zero-order valence-electron chi connectivity index (χ0n) is 11.4. The fraction of sp³-hybridized carbons (Fsp3) is 0.467. The zero-order valence-corrected chi connectivity index (χ0v) is 11.4.